The molecule has 0 atom stereocenters. The van der Waals surface area contributed by atoms with E-state index in [1.807, 2.05) is 23.5 Å². The molecule has 5 heteroatoms. The first kappa shape index (κ1) is 24.1. The number of aromatic nitrogens is 2. The number of para-hydroxylation sites is 4. The molecular weight excluding hydrogens is 607 g/mol. The van der Waals surface area contributed by atoms with E-state index in [1.165, 1.54) is 112 Å². The van der Waals surface area contributed by atoms with Crippen molar-refractivity contribution >= 4 is 123 Å². The highest BCUT2D eigenvalue weighted by atomic mass is 32.2. The molecule has 11 aromatic rings. The molecule has 2 aliphatic heterocycles. The predicted molar refractivity (Wildman–Crippen MR) is 202 cm³/mol. The van der Waals surface area contributed by atoms with Gasteiger partial charge in [0.1, 0.15) is 0 Å². The number of hydrogen-bond acceptors (Lipinski definition) is 2. The largest absolute Gasteiger partial charge is 0.308 e. The molecule has 0 spiro atoms. The quantitative estimate of drug-likeness (QED) is 0.155. The highest BCUT2D eigenvalue weighted by molar-refractivity contribution is 8.01. The first-order valence-corrected chi connectivity index (χ1v) is 17.9. The molecule has 13 rings (SSSR count). The van der Waals surface area contributed by atoms with Gasteiger partial charge in [-0.1, -0.05) is 125 Å². The van der Waals surface area contributed by atoms with Gasteiger partial charge in [-0.2, -0.15) is 0 Å². The summed E-state index contributed by atoms with van der Waals surface area (Å²) >= 11 is 3.90. The van der Waals surface area contributed by atoms with Crippen molar-refractivity contribution in [3.63, 3.8) is 0 Å². The standard InChI is InChI=1S/C42H21BN2S2/c1-3-14-32-22(8-1)24-10-5-12-26-28-18-30-38(20-34(28)44(32)41(24)26)46-36-16-7-17-37-40(36)43(30)31-19-29-27-13-6-11-25-23-9-2-4-15-33(23)45(42(25)27)35(29)21-39(31)47-37/h1-21H. The minimum Gasteiger partial charge on any atom is -0.308 e. The third-order valence-corrected chi connectivity index (χ3v) is 13.4. The van der Waals surface area contributed by atoms with Gasteiger partial charge < -0.3 is 8.80 Å². The van der Waals surface area contributed by atoms with E-state index in [4.69, 9.17) is 0 Å². The fraction of sp³-hybridized carbons (Fsp3) is 0. The molecule has 214 valence electrons. The Kier molecular flexibility index (Phi) is 4.14. The molecule has 0 radical (unpaired) electrons. The van der Waals surface area contributed by atoms with E-state index in [9.17, 15) is 0 Å². The van der Waals surface area contributed by atoms with Crippen LogP contribution in [0.15, 0.2) is 147 Å². The fourth-order valence-electron chi connectivity index (χ4n) is 9.28. The number of nitrogens with zero attached hydrogens (tertiary/aromatic N) is 2. The topological polar surface area (TPSA) is 8.82 Å². The molecule has 0 amide bonds. The molecule has 47 heavy (non-hydrogen) atoms. The van der Waals surface area contributed by atoms with Crippen LogP contribution in [0.4, 0.5) is 0 Å². The van der Waals surface area contributed by atoms with Crippen molar-refractivity contribution in [2.24, 2.45) is 0 Å². The molecule has 6 heterocycles. The van der Waals surface area contributed by atoms with Gasteiger partial charge in [0.2, 0.25) is 6.71 Å². The average Bonchev–Trinajstić information content (AvgIpc) is 3.83. The van der Waals surface area contributed by atoms with Gasteiger partial charge in [0.05, 0.1) is 33.1 Å². The normalized spacial score (nSPS) is 14.2. The summed E-state index contributed by atoms with van der Waals surface area (Å²) in [6.45, 7) is 0.191. The lowest BCUT2D eigenvalue weighted by molar-refractivity contribution is 1.32. The van der Waals surface area contributed by atoms with Crippen LogP contribution in [0.3, 0.4) is 0 Å². The van der Waals surface area contributed by atoms with Crippen molar-refractivity contribution in [1.82, 2.24) is 8.80 Å². The average molecular weight is 629 g/mol. The van der Waals surface area contributed by atoms with E-state index in [0.29, 0.717) is 0 Å². The van der Waals surface area contributed by atoms with E-state index in [-0.39, 0.29) is 6.71 Å². The molecular formula is C42H21BN2S2. The minimum atomic E-state index is 0.191. The molecule has 0 saturated carbocycles. The molecule has 4 aromatic heterocycles. The molecule has 7 aromatic carbocycles. The van der Waals surface area contributed by atoms with E-state index in [0.717, 1.165) is 0 Å². The highest BCUT2D eigenvalue weighted by Gasteiger charge is 2.39. The third kappa shape index (κ3) is 2.72. The van der Waals surface area contributed by atoms with Crippen LogP contribution in [-0.2, 0) is 0 Å². The van der Waals surface area contributed by atoms with Gasteiger partial charge in [-0.15, -0.1) is 0 Å². The summed E-state index contributed by atoms with van der Waals surface area (Å²) in [6.07, 6.45) is 0. The zero-order valence-electron chi connectivity index (χ0n) is 24.9. The van der Waals surface area contributed by atoms with Crippen LogP contribution in [0.1, 0.15) is 0 Å². The zero-order valence-corrected chi connectivity index (χ0v) is 26.5. The summed E-state index contributed by atoms with van der Waals surface area (Å²) in [7, 11) is 0. The van der Waals surface area contributed by atoms with Gasteiger partial charge in [0, 0.05) is 62.7 Å². The van der Waals surface area contributed by atoms with Crippen molar-refractivity contribution in [2.45, 2.75) is 19.6 Å². The Bertz CT molecular complexity index is 2990. The summed E-state index contributed by atoms with van der Waals surface area (Å²) in [5, 5.41) is 10.7. The number of fused-ring (bicyclic) bond motifs is 16. The van der Waals surface area contributed by atoms with Crippen molar-refractivity contribution in [1.29, 1.82) is 0 Å². The second-order valence-corrected chi connectivity index (χ2v) is 15.4. The van der Waals surface area contributed by atoms with Crippen LogP contribution in [0.5, 0.6) is 0 Å². The molecule has 0 aliphatic carbocycles. The molecule has 2 aliphatic rings. The third-order valence-electron chi connectivity index (χ3n) is 11.1. The lowest BCUT2D eigenvalue weighted by Crippen LogP contribution is -2.58. The molecule has 2 nitrogen and oxygen atoms in total. The minimum absolute atomic E-state index is 0.191. The van der Waals surface area contributed by atoms with Gasteiger partial charge in [-0.3, -0.25) is 0 Å². The molecule has 0 unspecified atom stereocenters. The number of benzene rings is 7. The Morgan fingerprint density at radius 1 is 0.362 bits per heavy atom. The van der Waals surface area contributed by atoms with Crippen LogP contribution in [0.2, 0.25) is 0 Å². The molecule has 0 saturated heterocycles. The maximum absolute atomic E-state index is 2.54. The van der Waals surface area contributed by atoms with E-state index < -0.39 is 0 Å². The second kappa shape index (κ2) is 8.06. The van der Waals surface area contributed by atoms with Gasteiger partial charge in [0.15, 0.2) is 0 Å². The molecule has 0 fully saturated rings. The van der Waals surface area contributed by atoms with Gasteiger partial charge in [-0.05, 0) is 41.9 Å². The predicted octanol–water partition coefficient (Wildman–Crippen LogP) is 9.43. The van der Waals surface area contributed by atoms with Crippen LogP contribution < -0.4 is 16.4 Å². The SMILES string of the molecule is c1cc2c3c(c1)Sc1cc4c(cc1B3c1cc3c5cccc6c7ccccc7n(c3cc1S2)c65)c1cccc2c3ccccc3n4c21. The Morgan fingerprint density at radius 3 is 1.30 bits per heavy atom. The number of hydrogen-bond donors (Lipinski definition) is 0. The van der Waals surface area contributed by atoms with E-state index in [1.54, 1.807) is 0 Å². The van der Waals surface area contributed by atoms with Crippen molar-refractivity contribution in [3.05, 3.63) is 127 Å². The van der Waals surface area contributed by atoms with Gasteiger partial charge in [0.25, 0.3) is 0 Å². The van der Waals surface area contributed by atoms with Crippen LogP contribution in [-0.4, -0.2) is 15.5 Å². The summed E-state index contributed by atoms with van der Waals surface area (Å²) < 4.78 is 5.03. The van der Waals surface area contributed by atoms with Crippen LogP contribution in [0, 0.1) is 0 Å². The summed E-state index contributed by atoms with van der Waals surface area (Å²) in [4.78, 5) is 5.51. The Labute approximate surface area is 277 Å². The maximum Gasteiger partial charge on any atom is 0.247 e. The van der Waals surface area contributed by atoms with Crippen LogP contribution in [0.25, 0.3) is 76.2 Å². The van der Waals surface area contributed by atoms with E-state index in [2.05, 4.69) is 136 Å². The monoisotopic (exact) mass is 628 g/mol. The summed E-state index contributed by atoms with van der Waals surface area (Å²) in [5.74, 6) is 0. The smallest absolute Gasteiger partial charge is 0.247 e. The lowest BCUT2D eigenvalue weighted by atomic mass is 9.36. The maximum atomic E-state index is 2.54. The van der Waals surface area contributed by atoms with Crippen molar-refractivity contribution in [2.75, 3.05) is 0 Å². The Morgan fingerprint density at radius 2 is 0.787 bits per heavy atom. The van der Waals surface area contributed by atoms with Crippen molar-refractivity contribution < 1.29 is 0 Å². The summed E-state index contributed by atoms with van der Waals surface area (Å²) in [5.41, 5.74) is 12.2. The molecule has 0 bridgehead atoms. The zero-order chi connectivity index (χ0) is 30.1. The number of rotatable bonds is 0. The Hall–Kier alpha value is -5.10. The first-order valence-electron chi connectivity index (χ1n) is 16.2. The second-order valence-electron chi connectivity index (χ2n) is 13.2. The van der Waals surface area contributed by atoms with Gasteiger partial charge >= 0.3 is 0 Å². The first-order chi connectivity index (χ1) is 23.3. The highest BCUT2D eigenvalue weighted by Crippen LogP contribution is 2.45. The summed E-state index contributed by atoms with van der Waals surface area (Å²) in [6, 6.07) is 48.4. The Balaban J connectivity index is 1.15. The lowest BCUT2D eigenvalue weighted by Gasteiger charge is -2.33. The fourth-order valence-corrected chi connectivity index (χ4v) is 11.7. The van der Waals surface area contributed by atoms with Crippen molar-refractivity contribution in [3.8, 4) is 0 Å². The van der Waals surface area contributed by atoms with Gasteiger partial charge in [-0.25, -0.2) is 0 Å². The molecule has 0 N–H and O–H groups in total. The van der Waals surface area contributed by atoms with Crippen LogP contribution >= 0.6 is 23.5 Å². The van der Waals surface area contributed by atoms with E-state index >= 15 is 0 Å².